The van der Waals surface area contributed by atoms with Gasteiger partial charge in [-0.05, 0) is 54.1 Å². The number of nitrogens with one attached hydrogen (secondary N) is 1. The Morgan fingerprint density at radius 1 is 1.03 bits per heavy atom. The van der Waals surface area contributed by atoms with E-state index in [0.717, 1.165) is 16.5 Å². The molecule has 152 valence electrons. The fourth-order valence-corrected chi connectivity index (χ4v) is 3.24. The van der Waals surface area contributed by atoms with Gasteiger partial charge in [0.1, 0.15) is 5.75 Å². The maximum atomic E-state index is 12.4. The lowest BCUT2D eigenvalue weighted by atomic mass is 10.0. The third-order valence-electron chi connectivity index (χ3n) is 4.67. The van der Waals surface area contributed by atoms with E-state index in [1.165, 1.54) is 17.5 Å². The van der Waals surface area contributed by atoms with Gasteiger partial charge in [0.25, 0.3) is 0 Å². The molecule has 0 aliphatic heterocycles. The van der Waals surface area contributed by atoms with E-state index < -0.39 is 6.61 Å². The van der Waals surface area contributed by atoms with Crippen LogP contribution in [0.15, 0.2) is 66.7 Å². The Kier molecular flexibility index (Phi) is 6.77. The van der Waals surface area contributed by atoms with Gasteiger partial charge in [-0.1, -0.05) is 48.5 Å². The number of fused-ring (bicyclic) bond motifs is 1. The molecule has 0 fully saturated rings. The van der Waals surface area contributed by atoms with E-state index in [4.69, 9.17) is 0 Å². The van der Waals surface area contributed by atoms with Crippen LogP contribution >= 0.6 is 0 Å². The summed E-state index contributed by atoms with van der Waals surface area (Å²) in [6.45, 7) is -0.124. The third kappa shape index (κ3) is 5.99. The largest absolute Gasteiger partial charge is 0.435 e. The molecular formula is C23H24F2N2O2. The summed E-state index contributed by atoms with van der Waals surface area (Å²) in [4.78, 5) is 14.3. The summed E-state index contributed by atoms with van der Waals surface area (Å²) in [7, 11) is 1.84. The van der Waals surface area contributed by atoms with Crippen LogP contribution in [-0.2, 0) is 11.3 Å². The SMILES string of the molecule is CC(NC(=O)CN(C)Cc1ccc(OC(F)F)cc1)c1ccc2ccccc2c1. The topological polar surface area (TPSA) is 41.6 Å². The van der Waals surface area contributed by atoms with Crippen molar-refractivity contribution in [3.63, 3.8) is 0 Å². The Morgan fingerprint density at radius 2 is 1.72 bits per heavy atom. The van der Waals surface area contributed by atoms with E-state index in [9.17, 15) is 13.6 Å². The number of nitrogens with zero attached hydrogens (tertiary/aromatic N) is 1. The van der Waals surface area contributed by atoms with Crippen LogP contribution in [0, 0.1) is 0 Å². The van der Waals surface area contributed by atoms with Crippen LogP contribution < -0.4 is 10.1 Å². The molecule has 1 unspecified atom stereocenters. The first-order valence-corrected chi connectivity index (χ1v) is 9.41. The molecule has 1 atom stereocenters. The fraction of sp³-hybridized carbons (Fsp3) is 0.261. The maximum absolute atomic E-state index is 12.4. The highest BCUT2D eigenvalue weighted by molar-refractivity contribution is 5.83. The van der Waals surface area contributed by atoms with E-state index in [1.807, 2.05) is 37.1 Å². The molecule has 6 heteroatoms. The summed E-state index contributed by atoms with van der Waals surface area (Å²) in [6, 6.07) is 20.6. The third-order valence-corrected chi connectivity index (χ3v) is 4.67. The van der Waals surface area contributed by atoms with Crippen LogP contribution in [-0.4, -0.2) is 31.0 Å². The van der Waals surface area contributed by atoms with Gasteiger partial charge in [-0.25, -0.2) is 0 Å². The average molecular weight is 398 g/mol. The van der Waals surface area contributed by atoms with Gasteiger partial charge >= 0.3 is 6.61 Å². The van der Waals surface area contributed by atoms with Gasteiger partial charge in [-0.2, -0.15) is 8.78 Å². The molecule has 0 saturated heterocycles. The van der Waals surface area contributed by atoms with Crippen molar-refractivity contribution in [1.82, 2.24) is 10.2 Å². The molecule has 3 rings (SSSR count). The van der Waals surface area contributed by atoms with E-state index in [-0.39, 0.29) is 24.2 Å². The summed E-state index contributed by atoms with van der Waals surface area (Å²) in [6.07, 6.45) is 0. The van der Waals surface area contributed by atoms with Crippen LogP contribution in [0.1, 0.15) is 24.1 Å². The number of amides is 1. The van der Waals surface area contributed by atoms with Gasteiger partial charge in [0.2, 0.25) is 5.91 Å². The van der Waals surface area contributed by atoms with Gasteiger partial charge in [-0.15, -0.1) is 0 Å². The highest BCUT2D eigenvalue weighted by Crippen LogP contribution is 2.20. The molecule has 1 amide bonds. The predicted octanol–water partition coefficient (Wildman–Crippen LogP) is 4.75. The first-order valence-electron chi connectivity index (χ1n) is 9.41. The minimum atomic E-state index is -2.84. The Morgan fingerprint density at radius 3 is 2.41 bits per heavy atom. The Hall–Kier alpha value is -2.99. The zero-order valence-corrected chi connectivity index (χ0v) is 16.4. The number of hydrogen-bond acceptors (Lipinski definition) is 3. The van der Waals surface area contributed by atoms with Crippen molar-refractivity contribution in [2.45, 2.75) is 26.1 Å². The number of likely N-dealkylation sites (N-methyl/N-ethyl adjacent to an activating group) is 1. The van der Waals surface area contributed by atoms with Crippen molar-refractivity contribution in [3.8, 4) is 5.75 Å². The Labute approximate surface area is 169 Å². The van der Waals surface area contributed by atoms with Gasteiger partial charge < -0.3 is 10.1 Å². The number of alkyl halides is 2. The van der Waals surface area contributed by atoms with Crippen molar-refractivity contribution < 1.29 is 18.3 Å². The molecule has 0 bridgehead atoms. The van der Waals surface area contributed by atoms with Crippen LogP contribution in [0.25, 0.3) is 10.8 Å². The first kappa shape index (κ1) is 20.7. The molecule has 0 aliphatic rings. The molecule has 3 aromatic carbocycles. The zero-order valence-electron chi connectivity index (χ0n) is 16.4. The molecule has 0 spiro atoms. The van der Waals surface area contributed by atoms with E-state index in [2.05, 4.69) is 34.3 Å². The van der Waals surface area contributed by atoms with E-state index in [1.54, 1.807) is 12.1 Å². The van der Waals surface area contributed by atoms with E-state index >= 15 is 0 Å². The highest BCUT2D eigenvalue weighted by atomic mass is 19.3. The van der Waals surface area contributed by atoms with Crippen LogP contribution in [0.3, 0.4) is 0 Å². The van der Waals surface area contributed by atoms with Crippen molar-refractivity contribution in [2.24, 2.45) is 0 Å². The predicted molar refractivity (Wildman–Crippen MR) is 110 cm³/mol. The van der Waals surface area contributed by atoms with Gasteiger partial charge in [0.15, 0.2) is 0 Å². The van der Waals surface area contributed by atoms with Crippen molar-refractivity contribution in [2.75, 3.05) is 13.6 Å². The Bertz CT molecular complexity index is 961. The number of benzene rings is 3. The van der Waals surface area contributed by atoms with Crippen LogP contribution in [0.4, 0.5) is 8.78 Å². The summed E-state index contributed by atoms with van der Waals surface area (Å²) >= 11 is 0. The molecule has 4 nitrogen and oxygen atoms in total. The minimum absolute atomic E-state index is 0.0780. The average Bonchev–Trinajstić information content (AvgIpc) is 2.68. The number of carbonyl (C=O) groups is 1. The van der Waals surface area contributed by atoms with Crippen LogP contribution in [0.2, 0.25) is 0 Å². The number of halogens is 2. The van der Waals surface area contributed by atoms with Crippen LogP contribution in [0.5, 0.6) is 5.75 Å². The Balaban J connectivity index is 1.52. The molecule has 0 radical (unpaired) electrons. The lowest BCUT2D eigenvalue weighted by Gasteiger charge is -2.20. The second kappa shape index (κ2) is 9.47. The van der Waals surface area contributed by atoms with E-state index in [0.29, 0.717) is 6.54 Å². The van der Waals surface area contributed by atoms with Gasteiger partial charge in [-0.3, -0.25) is 9.69 Å². The maximum Gasteiger partial charge on any atom is 0.387 e. The minimum Gasteiger partial charge on any atom is -0.435 e. The summed E-state index contributed by atoms with van der Waals surface area (Å²) in [5.41, 5.74) is 1.96. The summed E-state index contributed by atoms with van der Waals surface area (Å²) in [5, 5.41) is 5.33. The molecule has 0 aliphatic carbocycles. The van der Waals surface area contributed by atoms with Crippen molar-refractivity contribution in [1.29, 1.82) is 0 Å². The van der Waals surface area contributed by atoms with Crippen molar-refractivity contribution >= 4 is 16.7 Å². The molecule has 3 aromatic rings. The summed E-state index contributed by atoms with van der Waals surface area (Å²) < 4.78 is 28.7. The normalized spacial score (nSPS) is 12.3. The molecule has 0 heterocycles. The molecule has 1 N–H and O–H groups in total. The monoisotopic (exact) mass is 398 g/mol. The molecule has 0 aromatic heterocycles. The molecule has 29 heavy (non-hydrogen) atoms. The lowest BCUT2D eigenvalue weighted by Crippen LogP contribution is -2.36. The number of carbonyl (C=O) groups excluding carboxylic acids is 1. The number of ether oxygens (including phenoxy) is 1. The smallest absolute Gasteiger partial charge is 0.387 e. The summed E-state index contributed by atoms with van der Waals surface area (Å²) in [5.74, 6) is 0.0409. The second-order valence-corrected chi connectivity index (χ2v) is 7.09. The first-order chi connectivity index (χ1) is 13.9. The molecule has 0 saturated carbocycles. The highest BCUT2D eigenvalue weighted by Gasteiger charge is 2.13. The zero-order chi connectivity index (χ0) is 20.8. The quantitative estimate of drug-likeness (QED) is 0.595. The number of hydrogen-bond donors (Lipinski definition) is 1. The standard InChI is InChI=1S/C23H24F2N2O2/c1-16(19-10-9-18-5-3-4-6-20(18)13-19)26-22(28)15-27(2)14-17-7-11-21(12-8-17)29-23(24)25/h3-13,16,23H,14-15H2,1-2H3,(H,26,28). The van der Waals surface area contributed by atoms with Gasteiger partial charge in [0, 0.05) is 6.54 Å². The van der Waals surface area contributed by atoms with Gasteiger partial charge in [0.05, 0.1) is 12.6 Å². The molecular weight excluding hydrogens is 374 g/mol. The fourth-order valence-electron chi connectivity index (χ4n) is 3.24. The number of rotatable bonds is 8. The second-order valence-electron chi connectivity index (χ2n) is 7.09. The lowest BCUT2D eigenvalue weighted by molar-refractivity contribution is -0.122. The van der Waals surface area contributed by atoms with Crippen molar-refractivity contribution in [3.05, 3.63) is 77.9 Å².